The van der Waals surface area contributed by atoms with Crippen molar-refractivity contribution in [2.24, 2.45) is 0 Å². The van der Waals surface area contributed by atoms with Gasteiger partial charge in [-0.05, 0) is 24.0 Å². The van der Waals surface area contributed by atoms with Crippen molar-refractivity contribution in [1.29, 1.82) is 0 Å². The number of benzene rings is 1. The molecule has 0 aromatic heterocycles. The molecule has 82 valence electrons. The predicted molar refractivity (Wildman–Crippen MR) is 64.9 cm³/mol. The Morgan fingerprint density at radius 2 is 1.93 bits per heavy atom. The topological polar surface area (TPSA) is 20.2 Å². The first-order chi connectivity index (χ1) is 7.31. The van der Waals surface area contributed by atoms with Gasteiger partial charge in [-0.3, -0.25) is 0 Å². The Kier molecular flexibility index (Phi) is 5.13. The lowest BCUT2D eigenvalue weighted by atomic mass is 9.94. The van der Waals surface area contributed by atoms with Gasteiger partial charge in [0.05, 0.1) is 6.61 Å². The van der Waals surface area contributed by atoms with E-state index in [2.05, 4.69) is 44.2 Å². The molecule has 0 heterocycles. The van der Waals surface area contributed by atoms with Crippen LogP contribution in [0, 0.1) is 0 Å². The molecule has 0 radical (unpaired) electrons. The van der Waals surface area contributed by atoms with Gasteiger partial charge < -0.3 is 5.11 Å². The van der Waals surface area contributed by atoms with Crippen molar-refractivity contribution in [2.45, 2.75) is 32.6 Å². The molecular weight excluding hydrogens is 184 g/mol. The third-order valence-electron chi connectivity index (χ3n) is 2.76. The van der Waals surface area contributed by atoms with Crippen LogP contribution >= 0.6 is 0 Å². The molecule has 1 N–H and O–H groups in total. The fourth-order valence-corrected chi connectivity index (χ4v) is 1.72. The van der Waals surface area contributed by atoms with E-state index in [1.54, 1.807) is 0 Å². The molecule has 1 nitrogen and oxygen atoms in total. The number of hydrogen-bond acceptors (Lipinski definition) is 1. The summed E-state index contributed by atoms with van der Waals surface area (Å²) in [5, 5.41) is 9.15. The molecule has 0 fully saturated rings. The van der Waals surface area contributed by atoms with Crippen molar-refractivity contribution in [3.63, 3.8) is 0 Å². The molecule has 0 spiro atoms. The highest BCUT2D eigenvalue weighted by Gasteiger charge is 2.06. The monoisotopic (exact) mass is 204 g/mol. The van der Waals surface area contributed by atoms with Crippen molar-refractivity contribution in [3.05, 3.63) is 47.5 Å². The first kappa shape index (κ1) is 12.0. The summed E-state index contributed by atoms with van der Waals surface area (Å²) in [6.07, 6.45) is 4.21. The summed E-state index contributed by atoms with van der Waals surface area (Å²) >= 11 is 0. The first-order valence-corrected chi connectivity index (χ1v) is 5.67. The van der Waals surface area contributed by atoms with E-state index < -0.39 is 0 Å². The van der Waals surface area contributed by atoms with Crippen LogP contribution in [-0.2, 0) is 0 Å². The second-order valence-electron chi connectivity index (χ2n) is 3.76. The van der Waals surface area contributed by atoms with Crippen LogP contribution < -0.4 is 0 Å². The Balaban J connectivity index is 2.85. The zero-order valence-electron chi connectivity index (χ0n) is 9.61. The quantitative estimate of drug-likeness (QED) is 0.728. The minimum Gasteiger partial charge on any atom is -0.392 e. The van der Waals surface area contributed by atoms with Crippen LogP contribution in [0.1, 0.15) is 38.2 Å². The van der Waals surface area contributed by atoms with Crippen LogP contribution in [0.2, 0.25) is 0 Å². The second kappa shape index (κ2) is 6.41. The summed E-state index contributed by atoms with van der Waals surface area (Å²) in [7, 11) is 0. The van der Waals surface area contributed by atoms with Crippen LogP contribution in [-0.4, -0.2) is 11.7 Å². The van der Waals surface area contributed by atoms with Gasteiger partial charge in [0.15, 0.2) is 0 Å². The van der Waals surface area contributed by atoms with Gasteiger partial charge in [-0.1, -0.05) is 50.3 Å². The average molecular weight is 204 g/mol. The smallest absolute Gasteiger partial charge is 0.0641 e. The van der Waals surface area contributed by atoms with Crippen LogP contribution in [0.15, 0.2) is 42.0 Å². The summed E-state index contributed by atoms with van der Waals surface area (Å²) < 4.78 is 0. The van der Waals surface area contributed by atoms with Gasteiger partial charge in [-0.2, -0.15) is 0 Å². The van der Waals surface area contributed by atoms with Gasteiger partial charge in [-0.15, -0.1) is 0 Å². The van der Waals surface area contributed by atoms with Gasteiger partial charge in [-0.25, -0.2) is 0 Å². The van der Waals surface area contributed by atoms with Gasteiger partial charge in [0.2, 0.25) is 0 Å². The summed E-state index contributed by atoms with van der Waals surface area (Å²) in [4.78, 5) is 0. The summed E-state index contributed by atoms with van der Waals surface area (Å²) in [5.74, 6) is 0.438. The zero-order chi connectivity index (χ0) is 11.1. The second-order valence-corrected chi connectivity index (χ2v) is 3.76. The van der Waals surface area contributed by atoms with E-state index in [9.17, 15) is 0 Å². The molecule has 0 saturated heterocycles. The molecule has 0 aliphatic heterocycles. The van der Waals surface area contributed by atoms with Crippen molar-refractivity contribution >= 4 is 0 Å². The fourth-order valence-electron chi connectivity index (χ4n) is 1.72. The normalized spacial score (nSPS) is 13.9. The SMILES string of the molecule is CC/C(=C/C(CC)c1ccccc1)CO. The predicted octanol–water partition coefficient (Wildman–Crippen LogP) is 3.51. The molecule has 0 amide bonds. The summed E-state index contributed by atoms with van der Waals surface area (Å²) in [6, 6.07) is 10.5. The molecule has 0 aliphatic rings. The Bertz CT molecular complexity index is 294. The number of hydrogen-bond donors (Lipinski definition) is 1. The van der Waals surface area contributed by atoms with Gasteiger partial charge in [0.1, 0.15) is 0 Å². The van der Waals surface area contributed by atoms with Gasteiger partial charge in [0, 0.05) is 5.92 Å². The number of aliphatic hydroxyl groups is 1. The Morgan fingerprint density at radius 1 is 1.27 bits per heavy atom. The molecule has 0 bridgehead atoms. The highest BCUT2D eigenvalue weighted by Crippen LogP contribution is 2.22. The minimum absolute atomic E-state index is 0.180. The Morgan fingerprint density at radius 3 is 2.40 bits per heavy atom. The van der Waals surface area contributed by atoms with E-state index >= 15 is 0 Å². The third-order valence-corrected chi connectivity index (χ3v) is 2.76. The summed E-state index contributed by atoms with van der Waals surface area (Å²) in [6.45, 7) is 4.44. The maximum atomic E-state index is 9.15. The largest absolute Gasteiger partial charge is 0.392 e. The molecule has 1 atom stereocenters. The molecule has 1 aromatic carbocycles. The van der Waals surface area contributed by atoms with E-state index in [0.717, 1.165) is 18.4 Å². The zero-order valence-corrected chi connectivity index (χ0v) is 9.61. The lowest BCUT2D eigenvalue weighted by Crippen LogP contribution is -1.97. The lowest BCUT2D eigenvalue weighted by molar-refractivity contribution is 0.326. The van der Waals surface area contributed by atoms with E-state index in [1.165, 1.54) is 5.56 Å². The van der Waals surface area contributed by atoms with E-state index in [0.29, 0.717) is 5.92 Å². The Labute approximate surface area is 92.5 Å². The van der Waals surface area contributed by atoms with Crippen molar-refractivity contribution < 1.29 is 5.11 Å². The molecule has 0 aliphatic carbocycles. The average Bonchev–Trinajstić information content (AvgIpc) is 2.32. The molecular formula is C14H20O. The van der Waals surface area contributed by atoms with Crippen LogP contribution in [0.4, 0.5) is 0 Å². The molecule has 1 aromatic rings. The molecule has 0 saturated carbocycles. The third kappa shape index (κ3) is 3.52. The maximum Gasteiger partial charge on any atom is 0.0641 e. The van der Waals surface area contributed by atoms with Crippen LogP contribution in [0.3, 0.4) is 0 Å². The minimum atomic E-state index is 0.180. The number of aliphatic hydroxyl groups excluding tert-OH is 1. The van der Waals surface area contributed by atoms with Crippen LogP contribution in [0.25, 0.3) is 0 Å². The highest BCUT2D eigenvalue weighted by molar-refractivity contribution is 5.25. The molecule has 15 heavy (non-hydrogen) atoms. The van der Waals surface area contributed by atoms with Gasteiger partial charge >= 0.3 is 0 Å². The van der Waals surface area contributed by atoms with E-state index in [-0.39, 0.29) is 6.61 Å². The lowest BCUT2D eigenvalue weighted by Gasteiger charge is -2.12. The first-order valence-electron chi connectivity index (χ1n) is 5.67. The molecule has 1 rings (SSSR count). The van der Waals surface area contributed by atoms with E-state index in [1.807, 2.05) is 6.07 Å². The standard InChI is InChI=1S/C14H20O/c1-3-12(11-15)10-13(4-2)14-8-6-5-7-9-14/h5-10,13,15H,3-4,11H2,1-2H3/b12-10-. The van der Waals surface area contributed by atoms with Gasteiger partial charge in [0.25, 0.3) is 0 Å². The number of allylic oxidation sites excluding steroid dienone is 1. The number of rotatable bonds is 5. The van der Waals surface area contributed by atoms with E-state index in [4.69, 9.17) is 5.11 Å². The maximum absolute atomic E-state index is 9.15. The Hall–Kier alpha value is -1.08. The van der Waals surface area contributed by atoms with Crippen molar-refractivity contribution in [1.82, 2.24) is 0 Å². The highest BCUT2D eigenvalue weighted by atomic mass is 16.3. The fraction of sp³-hybridized carbons (Fsp3) is 0.429. The van der Waals surface area contributed by atoms with Crippen LogP contribution in [0.5, 0.6) is 0 Å². The molecule has 1 heteroatoms. The van der Waals surface area contributed by atoms with Crippen molar-refractivity contribution in [3.8, 4) is 0 Å². The van der Waals surface area contributed by atoms with Crippen molar-refractivity contribution in [2.75, 3.05) is 6.61 Å². The molecule has 1 unspecified atom stereocenters. The summed E-state index contributed by atoms with van der Waals surface area (Å²) in [5.41, 5.74) is 2.46.